The van der Waals surface area contributed by atoms with Crippen LogP contribution in [0.4, 0.5) is 13.2 Å². The quantitative estimate of drug-likeness (QED) is 0.600. The summed E-state index contributed by atoms with van der Waals surface area (Å²) >= 11 is 6.78. The highest BCUT2D eigenvalue weighted by atomic mass is 35.5. The number of sulfonamides is 1. The van der Waals surface area contributed by atoms with Crippen LogP contribution in [0.15, 0.2) is 34.7 Å². The molecule has 4 heterocycles. The second-order valence-corrected chi connectivity index (χ2v) is 10.2. The summed E-state index contributed by atoms with van der Waals surface area (Å²) in [5.41, 5.74) is 0.319. The van der Waals surface area contributed by atoms with Crippen LogP contribution in [-0.4, -0.2) is 40.3 Å². The second kappa shape index (κ2) is 6.97. The Kier molecular flexibility index (Phi) is 4.89. The van der Waals surface area contributed by atoms with E-state index in [0.717, 1.165) is 15.9 Å². The fourth-order valence-corrected chi connectivity index (χ4v) is 6.49. The summed E-state index contributed by atoms with van der Waals surface area (Å²) in [5, 5.41) is 0. The van der Waals surface area contributed by atoms with Crippen molar-refractivity contribution in [2.24, 2.45) is 0 Å². The monoisotopic (exact) mass is 450 g/mol. The fraction of sp³-hybridized carbons (Fsp3) is 0.375. The molecule has 0 aliphatic carbocycles. The van der Waals surface area contributed by atoms with Gasteiger partial charge in [0.05, 0.1) is 4.34 Å². The Bertz CT molecular complexity index is 1120. The van der Waals surface area contributed by atoms with Crippen molar-refractivity contribution in [3.8, 4) is 0 Å². The van der Waals surface area contributed by atoms with Gasteiger partial charge in [-0.2, -0.15) is 17.5 Å². The van der Waals surface area contributed by atoms with Gasteiger partial charge in [-0.3, -0.25) is 0 Å². The number of fused-ring (bicyclic) bond motifs is 1. The number of pyridine rings is 1. The lowest BCUT2D eigenvalue weighted by Gasteiger charge is -2.32. The number of imidazole rings is 1. The zero-order valence-electron chi connectivity index (χ0n) is 14.2. The average molecular weight is 451 g/mol. The smallest absolute Gasteiger partial charge is 0.302 e. The van der Waals surface area contributed by atoms with Crippen LogP contribution in [0.3, 0.4) is 0 Å². The van der Waals surface area contributed by atoms with E-state index < -0.39 is 28.1 Å². The molecule has 0 bridgehead atoms. The number of nitrogens with zero attached hydrogens (tertiary/aromatic N) is 4. The summed E-state index contributed by atoms with van der Waals surface area (Å²) < 4.78 is 68.8. The lowest BCUT2D eigenvalue weighted by molar-refractivity contribution is -0.147. The third kappa shape index (κ3) is 3.40. The van der Waals surface area contributed by atoms with E-state index in [1.807, 2.05) is 0 Å². The van der Waals surface area contributed by atoms with Gasteiger partial charge in [-0.15, -0.1) is 11.3 Å². The lowest BCUT2D eigenvalue weighted by Crippen LogP contribution is -2.39. The molecule has 6 nitrogen and oxygen atoms in total. The zero-order chi connectivity index (χ0) is 20.1. The van der Waals surface area contributed by atoms with Crippen LogP contribution in [0.1, 0.15) is 24.7 Å². The molecular weight excluding hydrogens is 437 g/mol. The number of thiophene rings is 1. The Morgan fingerprint density at radius 3 is 2.50 bits per heavy atom. The largest absolute Gasteiger partial charge is 0.449 e. The summed E-state index contributed by atoms with van der Waals surface area (Å²) in [6, 6.07) is 5.40. The van der Waals surface area contributed by atoms with Gasteiger partial charge in [0.2, 0.25) is 5.82 Å². The molecule has 3 aromatic heterocycles. The summed E-state index contributed by atoms with van der Waals surface area (Å²) in [5.74, 6) is -1.01. The van der Waals surface area contributed by atoms with Gasteiger partial charge in [0.1, 0.15) is 9.73 Å². The van der Waals surface area contributed by atoms with E-state index in [1.54, 1.807) is 0 Å². The van der Waals surface area contributed by atoms with Crippen LogP contribution in [0.2, 0.25) is 4.34 Å². The molecule has 28 heavy (non-hydrogen) atoms. The molecule has 0 aromatic carbocycles. The van der Waals surface area contributed by atoms with E-state index in [2.05, 4.69) is 9.97 Å². The summed E-state index contributed by atoms with van der Waals surface area (Å²) in [6.45, 7) is 0.207. The first-order chi connectivity index (χ1) is 13.2. The van der Waals surface area contributed by atoms with Crippen molar-refractivity contribution in [2.45, 2.75) is 29.3 Å². The van der Waals surface area contributed by atoms with E-state index in [4.69, 9.17) is 11.6 Å². The number of piperidine rings is 1. The van der Waals surface area contributed by atoms with Crippen molar-refractivity contribution in [2.75, 3.05) is 13.1 Å². The van der Waals surface area contributed by atoms with Gasteiger partial charge < -0.3 is 4.57 Å². The molecule has 150 valence electrons. The predicted octanol–water partition coefficient (Wildman–Crippen LogP) is 4.19. The number of rotatable bonds is 3. The molecule has 12 heteroatoms. The van der Waals surface area contributed by atoms with Gasteiger partial charge >= 0.3 is 6.18 Å². The summed E-state index contributed by atoms with van der Waals surface area (Å²) in [7, 11) is -3.71. The molecular formula is C16H14ClF3N4O2S2. The molecule has 1 fully saturated rings. The van der Waals surface area contributed by atoms with Gasteiger partial charge in [-0.25, -0.2) is 18.4 Å². The SMILES string of the molecule is O=S(=O)(c1ccc(Cl)s1)N1CCC(n2c(C(F)(F)F)nc3cccnc32)CC1. The van der Waals surface area contributed by atoms with Gasteiger partial charge in [0.15, 0.2) is 5.65 Å². The Morgan fingerprint density at radius 2 is 1.89 bits per heavy atom. The standard InChI is InChI=1S/C16H14ClF3N4O2S2/c17-12-3-4-13(27-12)28(25,26)23-8-5-10(6-9-23)24-14-11(2-1-7-21-14)22-15(24)16(18,19)20/h1-4,7,10H,5-6,8-9H2. The van der Waals surface area contributed by atoms with E-state index in [1.165, 1.54) is 34.8 Å². The van der Waals surface area contributed by atoms with Gasteiger partial charge in [-0.05, 0) is 37.1 Å². The Hall–Kier alpha value is -1.69. The Labute approximate surface area is 167 Å². The zero-order valence-corrected chi connectivity index (χ0v) is 16.6. The van der Waals surface area contributed by atoms with Crippen molar-refractivity contribution < 1.29 is 21.6 Å². The molecule has 1 aliphatic rings. The maximum atomic E-state index is 13.5. The molecule has 0 unspecified atom stereocenters. The molecule has 0 N–H and O–H groups in total. The van der Waals surface area contributed by atoms with Crippen molar-refractivity contribution in [3.63, 3.8) is 0 Å². The van der Waals surface area contributed by atoms with Crippen molar-refractivity contribution in [3.05, 3.63) is 40.6 Å². The Morgan fingerprint density at radius 1 is 1.18 bits per heavy atom. The number of aromatic nitrogens is 3. The minimum Gasteiger partial charge on any atom is -0.302 e. The van der Waals surface area contributed by atoms with Gasteiger partial charge in [0, 0.05) is 25.3 Å². The van der Waals surface area contributed by atoms with Crippen LogP contribution in [0.25, 0.3) is 11.2 Å². The first-order valence-electron chi connectivity index (χ1n) is 8.33. The van der Waals surface area contributed by atoms with Crippen molar-refractivity contribution >= 4 is 44.1 Å². The number of hydrogen-bond acceptors (Lipinski definition) is 5. The third-order valence-electron chi connectivity index (χ3n) is 4.63. The molecule has 4 rings (SSSR count). The second-order valence-electron chi connectivity index (χ2n) is 6.34. The highest BCUT2D eigenvalue weighted by Crippen LogP contribution is 2.37. The van der Waals surface area contributed by atoms with Crippen LogP contribution >= 0.6 is 22.9 Å². The number of hydrogen-bond donors (Lipinski definition) is 0. The number of halogens is 4. The van der Waals surface area contributed by atoms with Crippen LogP contribution < -0.4 is 0 Å². The normalized spacial score (nSPS) is 17.4. The van der Waals surface area contributed by atoms with Crippen LogP contribution in [0.5, 0.6) is 0 Å². The molecule has 1 aliphatic heterocycles. The molecule has 0 radical (unpaired) electrons. The average Bonchev–Trinajstić information content (AvgIpc) is 3.26. The minimum atomic E-state index is -4.63. The summed E-state index contributed by atoms with van der Waals surface area (Å²) in [6.07, 6.45) is -2.76. The van der Waals surface area contributed by atoms with E-state index in [9.17, 15) is 21.6 Å². The fourth-order valence-electron chi connectivity index (χ4n) is 3.38. The number of alkyl halides is 3. The first-order valence-corrected chi connectivity index (χ1v) is 11.0. The molecule has 0 spiro atoms. The topological polar surface area (TPSA) is 68.1 Å². The highest BCUT2D eigenvalue weighted by Gasteiger charge is 2.41. The molecule has 0 saturated carbocycles. The first kappa shape index (κ1) is 19.6. The Balaban J connectivity index is 1.63. The van der Waals surface area contributed by atoms with Gasteiger partial charge in [0.25, 0.3) is 10.0 Å². The maximum absolute atomic E-state index is 13.5. The van der Waals surface area contributed by atoms with Gasteiger partial charge in [-0.1, -0.05) is 11.6 Å². The molecule has 3 aromatic rings. The van der Waals surface area contributed by atoms with E-state index in [-0.39, 0.29) is 41.3 Å². The van der Waals surface area contributed by atoms with E-state index >= 15 is 0 Å². The van der Waals surface area contributed by atoms with Crippen LogP contribution in [0, 0.1) is 0 Å². The van der Waals surface area contributed by atoms with Crippen molar-refractivity contribution in [1.82, 2.24) is 18.8 Å². The lowest BCUT2D eigenvalue weighted by atomic mass is 10.1. The van der Waals surface area contributed by atoms with Crippen molar-refractivity contribution in [1.29, 1.82) is 0 Å². The highest BCUT2D eigenvalue weighted by molar-refractivity contribution is 7.91. The van der Waals surface area contributed by atoms with E-state index in [0.29, 0.717) is 4.34 Å². The third-order valence-corrected chi connectivity index (χ3v) is 8.23. The molecule has 0 atom stereocenters. The molecule has 0 amide bonds. The summed E-state index contributed by atoms with van der Waals surface area (Å²) in [4.78, 5) is 7.77. The minimum absolute atomic E-state index is 0.103. The molecule has 1 saturated heterocycles. The van der Waals surface area contributed by atoms with Crippen LogP contribution in [-0.2, 0) is 16.2 Å². The maximum Gasteiger partial charge on any atom is 0.449 e. The predicted molar refractivity (Wildman–Crippen MR) is 98.9 cm³/mol.